The topological polar surface area (TPSA) is 46.6 Å². The van der Waals surface area contributed by atoms with Gasteiger partial charge in [-0.15, -0.1) is 0 Å². The van der Waals surface area contributed by atoms with Crippen LogP contribution < -0.4 is 0 Å². The molecule has 0 aliphatic carbocycles. The minimum atomic E-state index is -1.40. The average molecular weight is 231 g/mol. The quantitative estimate of drug-likeness (QED) is 0.724. The van der Waals surface area contributed by atoms with E-state index in [1.165, 1.54) is 25.1 Å². The first-order chi connectivity index (χ1) is 8.08. The molecule has 0 saturated heterocycles. The van der Waals surface area contributed by atoms with Gasteiger partial charge in [-0.1, -0.05) is 24.8 Å². The van der Waals surface area contributed by atoms with Crippen LogP contribution in [0.3, 0.4) is 0 Å². The van der Waals surface area contributed by atoms with Gasteiger partial charge in [0.05, 0.1) is 5.56 Å². The SMILES string of the molecule is C=CC1(OC)C(=O)c2ccccc2C(=O)N1C. The van der Waals surface area contributed by atoms with Gasteiger partial charge in [-0.25, -0.2) is 0 Å². The van der Waals surface area contributed by atoms with Gasteiger partial charge in [-0.2, -0.15) is 0 Å². The fraction of sp³-hybridized carbons (Fsp3) is 0.231. The molecule has 17 heavy (non-hydrogen) atoms. The number of benzene rings is 1. The summed E-state index contributed by atoms with van der Waals surface area (Å²) in [6.45, 7) is 3.60. The number of rotatable bonds is 2. The standard InChI is InChI=1S/C13H13NO3/c1-4-13(17-3)11(15)9-7-5-6-8-10(9)12(16)14(13)2/h4-8H,1H2,2-3H3. The molecule has 4 heteroatoms. The molecule has 1 aromatic carbocycles. The second kappa shape index (κ2) is 3.82. The van der Waals surface area contributed by atoms with Gasteiger partial charge >= 0.3 is 0 Å². The molecule has 0 bridgehead atoms. The van der Waals surface area contributed by atoms with Crippen LogP contribution in [0.4, 0.5) is 0 Å². The first-order valence-electron chi connectivity index (χ1n) is 5.19. The van der Waals surface area contributed by atoms with Gasteiger partial charge in [0, 0.05) is 19.7 Å². The zero-order valence-electron chi connectivity index (χ0n) is 9.77. The molecule has 1 unspecified atom stereocenters. The number of hydrogen-bond acceptors (Lipinski definition) is 3. The molecule has 2 rings (SSSR count). The van der Waals surface area contributed by atoms with Crippen molar-refractivity contribution >= 4 is 11.7 Å². The van der Waals surface area contributed by atoms with E-state index in [4.69, 9.17) is 4.74 Å². The van der Waals surface area contributed by atoms with Crippen LogP contribution in [-0.2, 0) is 4.74 Å². The van der Waals surface area contributed by atoms with E-state index in [0.29, 0.717) is 11.1 Å². The highest BCUT2D eigenvalue weighted by Crippen LogP contribution is 2.31. The number of methoxy groups -OCH3 is 1. The van der Waals surface area contributed by atoms with Crippen molar-refractivity contribution in [1.29, 1.82) is 0 Å². The van der Waals surface area contributed by atoms with E-state index in [0.717, 1.165) is 0 Å². The van der Waals surface area contributed by atoms with E-state index < -0.39 is 5.72 Å². The van der Waals surface area contributed by atoms with Gasteiger partial charge in [-0.05, 0) is 12.1 Å². The van der Waals surface area contributed by atoms with Crippen LogP contribution in [0.15, 0.2) is 36.9 Å². The van der Waals surface area contributed by atoms with Crippen LogP contribution in [0.5, 0.6) is 0 Å². The van der Waals surface area contributed by atoms with Crippen LogP contribution in [0.25, 0.3) is 0 Å². The highest BCUT2D eigenvalue weighted by Gasteiger charge is 2.48. The zero-order valence-corrected chi connectivity index (χ0v) is 9.77. The molecular formula is C13H13NO3. The third-order valence-corrected chi connectivity index (χ3v) is 3.12. The highest BCUT2D eigenvalue weighted by molar-refractivity contribution is 6.17. The van der Waals surface area contributed by atoms with E-state index in [2.05, 4.69) is 6.58 Å². The Bertz CT molecular complexity index is 509. The summed E-state index contributed by atoms with van der Waals surface area (Å²) in [5.41, 5.74) is -0.627. The van der Waals surface area contributed by atoms with E-state index in [1.54, 1.807) is 24.3 Å². The van der Waals surface area contributed by atoms with Crippen LogP contribution in [0.2, 0.25) is 0 Å². The fourth-order valence-electron chi connectivity index (χ4n) is 2.09. The number of fused-ring (bicyclic) bond motifs is 1. The first kappa shape index (κ1) is 11.5. The third kappa shape index (κ3) is 1.34. The Hall–Kier alpha value is -1.94. The zero-order chi connectivity index (χ0) is 12.6. The number of amides is 1. The van der Waals surface area contributed by atoms with Gasteiger partial charge < -0.3 is 9.64 Å². The number of nitrogens with zero attached hydrogens (tertiary/aromatic N) is 1. The molecule has 1 aliphatic rings. The molecule has 1 amide bonds. The predicted molar refractivity (Wildman–Crippen MR) is 62.8 cm³/mol. The van der Waals surface area contributed by atoms with E-state index >= 15 is 0 Å². The summed E-state index contributed by atoms with van der Waals surface area (Å²) in [6, 6.07) is 6.71. The number of Topliss-reactive ketones (excluding diaryl/α,β-unsaturated/α-hetero) is 1. The molecule has 0 spiro atoms. The van der Waals surface area contributed by atoms with Gasteiger partial charge in [-0.3, -0.25) is 9.59 Å². The van der Waals surface area contributed by atoms with E-state index in [1.807, 2.05) is 0 Å². The van der Waals surface area contributed by atoms with Crippen molar-refractivity contribution in [3.63, 3.8) is 0 Å². The number of ether oxygens (including phenoxy) is 1. The maximum Gasteiger partial charge on any atom is 0.257 e. The maximum absolute atomic E-state index is 12.4. The Morgan fingerprint density at radius 3 is 2.41 bits per heavy atom. The minimum Gasteiger partial charge on any atom is -0.348 e. The summed E-state index contributed by atoms with van der Waals surface area (Å²) in [7, 11) is 2.92. The van der Waals surface area contributed by atoms with Crippen LogP contribution in [-0.4, -0.2) is 36.5 Å². The Balaban J connectivity index is 2.70. The molecule has 1 aliphatic heterocycles. The van der Waals surface area contributed by atoms with Crippen LogP contribution >= 0.6 is 0 Å². The van der Waals surface area contributed by atoms with Crippen molar-refractivity contribution in [2.24, 2.45) is 0 Å². The largest absolute Gasteiger partial charge is 0.348 e. The predicted octanol–water partition coefficient (Wildman–Crippen LogP) is 1.48. The molecule has 1 heterocycles. The van der Waals surface area contributed by atoms with E-state index in [-0.39, 0.29) is 11.7 Å². The summed E-state index contributed by atoms with van der Waals surface area (Å²) in [6.07, 6.45) is 1.35. The Morgan fingerprint density at radius 1 is 1.29 bits per heavy atom. The maximum atomic E-state index is 12.4. The Labute approximate surface area is 99.5 Å². The summed E-state index contributed by atoms with van der Waals surface area (Å²) in [5, 5.41) is 0. The summed E-state index contributed by atoms with van der Waals surface area (Å²) in [4.78, 5) is 25.8. The van der Waals surface area contributed by atoms with E-state index in [9.17, 15) is 9.59 Å². The molecular weight excluding hydrogens is 218 g/mol. The van der Waals surface area contributed by atoms with Gasteiger partial charge in [0.25, 0.3) is 5.91 Å². The molecule has 1 atom stereocenters. The Morgan fingerprint density at radius 2 is 1.88 bits per heavy atom. The number of carbonyl (C=O) groups excluding carboxylic acids is 2. The average Bonchev–Trinajstić information content (AvgIpc) is 2.38. The van der Waals surface area contributed by atoms with Crippen molar-refractivity contribution in [3.8, 4) is 0 Å². The highest BCUT2D eigenvalue weighted by atomic mass is 16.5. The molecule has 0 aromatic heterocycles. The minimum absolute atomic E-state index is 0.248. The first-order valence-corrected chi connectivity index (χ1v) is 5.19. The van der Waals surface area contributed by atoms with Gasteiger partial charge in [0.2, 0.25) is 11.5 Å². The number of carbonyl (C=O) groups is 2. The van der Waals surface area contributed by atoms with Crippen molar-refractivity contribution in [2.45, 2.75) is 5.72 Å². The van der Waals surface area contributed by atoms with Crippen molar-refractivity contribution in [1.82, 2.24) is 4.90 Å². The molecule has 88 valence electrons. The van der Waals surface area contributed by atoms with Crippen LogP contribution in [0, 0.1) is 0 Å². The van der Waals surface area contributed by atoms with Crippen molar-refractivity contribution in [3.05, 3.63) is 48.0 Å². The summed E-state index contributed by atoms with van der Waals surface area (Å²) >= 11 is 0. The second-order valence-corrected chi connectivity index (χ2v) is 3.84. The monoisotopic (exact) mass is 231 g/mol. The second-order valence-electron chi connectivity index (χ2n) is 3.84. The Kier molecular flexibility index (Phi) is 2.59. The third-order valence-electron chi connectivity index (χ3n) is 3.12. The number of ketones is 1. The lowest BCUT2D eigenvalue weighted by molar-refractivity contribution is -0.0492. The number of hydrogen-bond donors (Lipinski definition) is 0. The molecule has 0 N–H and O–H groups in total. The van der Waals surface area contributed by atoms with Crippen LogP contribution in [0.1, 0.15) is 20.7 Å². The molecule has 4 nitrogen and oxygen atoms in total. The summed E-state index contributed by atoms with van der Waals surface area (Å²) < 4.78 is 5.22. The van der Waals surface area contributed by atoms with Gasteiger partial charge in [0.1, 0.15) is 0 Å². The van der Waals surface area contributed by atoms with Crippen molar-refractivity contribution in [2.75, 3.05) is 14.2 Å². The number of likely N-dealkylation sites (N-methyl/N-ethyl adjacent to an activating group) is 1. The molecule has 0 fully saturated rings. The summed E-state index contributed by atoms with van der Waals surface area (Å²) in [5.74, 6) is -0.519. The molecule has 0 saturated carbocycles. The van der Waals surface area contributed by atoms with Gasteiger partial charge in [0.15, 0.2) is 0 Å². The fourth-order valence-corrected chi connectivity index (χ4v) is 2.09. The molecule has 1 aromatic rings. The normalized spacial score (nSPS) is 23.5. The smallest absolute Gasteiger partial charge is 0.257 e. The molecule has 0 radical (unpaired) electrons. The van der Waals surface area contributed by atoms with Crippen molar-refractivity contribution < 1.29 is 14.3 Å². The lowest BCUT2D eigenvalue weighted by Gasteiger charge is -2.40. The lowest BCUT2D eigenvalue weighted by atomic mass is 9.89. The lowest BCUT2D eigenvalue weighted by Crippen LogP contribution is -2.58.